The topological polar surface area (TPSA) is 85.4 Å². The number of esters is 2. The Morgan fingerprint density at radius 2 is 1.96 bits per heavy atom. The first kappa shape index (κ1) is 17.4. The van der Waals surface area contributed by atoms with E-state index in [9.17, 15) is 14.7 Å². The molecule has 6 nitrogen and oxygen atoms in total. The van der Waals surface area contributed by atoms with Crippen LogP contribution in [0.15, 0.2) is 12.2 Å². The van der Waals surface area contributed by atoms with Crippen molar-refractivity contribution in [2.75, 3.05) is 6.61 Å². The summed E-state index contributed by atoms with van der Waals surface area (Å²) in [5.74, 6) is -0.556. The van der Waals surface area contributed by atoms with E-state index in [0.717, 1.165) is 25.7 Å². The first-order valence-electron chi connectivity index (χ1n) is 8.80. The highest BCUT2D eigenvalue weighted by Gasteiger charge is 2.46. The predicted molar refractivity (Wildman–Crippen MR) is 85.0 cm³/mol. The van der Waals surface area contributed by atoms with Gasteiger partial charge in [-0.2, -0.15) is 0 Å². The first-order chi connectivity index (χ1) is 11.4. The summed E-state index contributed by atoms with van der Waals surface area (Å²) in [6.45, 7) is 5.44. The molecule has 134 valence electrons. The van der Waals surface area contributed by atoms with E-state index in [4.69, 9.17) is 14.2 Å². The number of aliphatic hydroxyl groups excluding tert-OH is 1. The van der Waals surface area contributed by atoms with Crippen LogP contribution in [-0.4, -0.2) is 48.1 Å². The molecule has 2 saturated carbocycles. The van der Waals surface area contributed by atoms with Gasteiger partial charge in [-0.15, -0.1) is 0 Å². The third kappa shape index (κ3) is 4.16. The largest absolute Gasteiger partial charge is 0.465 e. The lowest BCUT2D eigenvalue weighted by atomic mass is 9.85. The van der Waals surface area contributed by atoms with Gasteiger partial charge >= 0.3 is 11.9 Å². The van der Waals surface area contributed by atoms with Gasteiger partial charge in [-0.3, -0.25) is 4.79 Å². The second kappa shape index (κ2) is 7.23. The van der Waals surface area contributed by atoms with Crippen molar-refractivity contribution in [3.63, 3.8) is 0 Å². The number of aliphatic hydroxyl groups is 1. The highest BCUT2D eigenvalue weighted by atomic mass is 16.6. The predicted octanol–water partition coefficient (Wildman–Crippen LogP) is 1.75. The van der Waals surface area contributed by atoms with E-state index in [1.165, 1.54) is 0 Å². The lowest BCUT2D eigenvalue weighted by molar-refractivity contribution is -0.157. The van der Waals surface area contributed by atoms with Gasteiger partial charge in [0.05, 0.1) is 30.8 Å². The molecule has 3 rings (SSSR count). The number of hydrogen-bond donors (Lipinski definition) is 1. The minimum atomic E-state index is -0.721. The minimum absolute atomic E-state index is 0.0495. The second-order valence-electron chi connectivity index (χ2n) is 7.32. The van der Waals surface area contributed by atoms with Crippen LogP contribution in [-0.2, 0) is 23.8 Å². The van der Waals surface area contributed by atoms with Crippen molar-refractivity contribution < 1.29 is 28.9 Å². The van der Waals surface area contributed by atoms with E-state index >= 15 is 0 Å². The Kier molecular flexibility index (Phi) is 5.25. The summed E-state index contributed by atoms with van der Waals surface area (Å²) in [6, 6.07) is 0. The fourth-order valence-electron chi connectivity index (χ4n) is 3.67. The van der Waals surface area contributed by atoms with Crippen LogP contribution in [0.4, 0.5) is 0 Å². The Morgan fingerprint density at radius 1 is 1.17 bits per heavy atom. The third-order valence-corrected chi connectivity index (χ3v) is 5.27. The highest BCUT2D eigenvalue weighted by Crippen LogP contribution is 2.40. The number of ether oxygens (including phenoxy) is 3. The molecule has 0 spiro atoms. The lowest BCUT2D eigenvalue weighted by Gasteiger charge is -2.32. The standard InChI is InChI=1S/C18H26O6/c1-10(2)17(20)24-14-5-3-11(7-13(14)19)9-22-18(21)12-4-6-15-16(8-12)23-15/h11-16,19H,1,3-9H2,2H3. The lowest BCUT2D eigenvalue weighted by Crippen LogP contribution is -2.39. The summed E-state index contributed by atoms with van der Waals surface area (Å²) in [5, 5.41) is 10.2. The van der Waals surface area contributed by atoms with Crippen molar-refractivity contribution in [3.8, 4) is 0 Å². The molecule has 6 unspecified atom stereocenters. The molecule has 1 heterocycles. The number of fused-ring (bicyclic) bond motifs is 1. The van der Waals surface area contributed by atoms with E-state index in [2.05, 4.69) is 6.58 Å². The fraction of sp³-hybridized carbons (Fsp3) is 0.778. The summed E-state index contributed by atoms with van der Waals surface area (Å²) >= 11 is 0. The van der Waals surface area contributed by atoms with E-state index in [1.807, 2.05) is 0 Å². The molecule has 0 radical (unpaired) electrons. The molecular weight excluding hydrogens is 312 g/mol. The Bertz CT molecular complexity index is 516. The van der Waals surface area contributed by atoms with Gasteiger partial charge in [-0.1, -0.05) is 6.58 Å². The normalized spacial score (nSPS) is 37.9. The van der Waals surface area contributed by atoms with Gasteiger partial charge in [0.25, 0.3) is 0 Å². The van der Waals surface area contributed by atoms with E-state index in [-0.39, 0.29) is 23.9 Å². The molecule has 0 aromatic carbocycles. The quantitative estimate of drug-likeness (QED) is 0.467. The zero-order valence-electron chi connectivity index (χ0n) is 14.1. The summed E-state index contributed by atoms with van der Waals surface area (Å²) in [7, 11) is 0. The average molecular weight is 338 g/mol. The number of carbonyl (C=O) groups is 2. The Hall–Kier alpha value is -1.40. The molecular formula is C18H26O6. The van der Waals surface area contributed by atoms with Crippen LogP contribution in [0.3, 0.4) is 0 Å². The molecule has 0 amide bonds. The van der Waals surface area contributed by atoms with Crippen LogP contribution in [0.5, 0.6) is 0 Å². The molecule has 24 heavy (non-hydrogen) atoms. The molecule has 2 aliphatic carbocycles. The van der Waals surface area contributed by atoms with Crippen LogP contribution in [0.2, 0.25) is 0 Å². The van der Waals surface area contributed by atoms with Crippen molar-refractivity contribution in [2.45, 2.75) is 69.9 Å². The van der Waals surface area contributed by atoms with Crippen LogP contribution in [0.25, 0.3) is 0 Å². The van der Waals surface area contributed by atoms with Crippen LogP contribution in [0, 0.1) is 11.8 Å². The zero-order valence-corrected chi connectivity index (χ0v) is 14.1. The van der Waals surface area contributed by atoms with Gasteiger partial charge in [-0.05, 0) is 51.4 Å². The molecule has 6 heteroatoms. The van der Waals surface area contributed by atoms with Crippen molar-refractivity contribution >= 4 is 11.9 Å². The van der Waals surface area contributed by atoms with Crippen molar-refractivity contribution in [1.82, 2.24) is 0 Å². The SMILES string of the molecule is C=C(C)C(=O)OC1CCC(COC(=O)C2CCC3OC3C2)CC1O. The van der Waals surface area contributed by atoms with Crippen LogP contribution in [0.1, 0.15) is 45.4 Å². The van der Waals surface area contributed by atoms with Gasteiger partial charge in [0.15, 0.2) is 0 Å². The molecule has 1 aliphatic heterocycles. The Balaban J connectivity index is 1.38. The van der Waals surface area contributed by atoms with Gasteiger partial charge in [0.2, 0.25) is 0 Å². The monoisotopic (exact) mass is 338 g/mol. The van der Waals surface area contributed by atoms with E-state index in [1.54, 1.807) is 6.92 Å². The first-order valence-corrected chi connectivity index (χ1v) is 8.80. The molecule has 0 bridgehead atoms. The smallest absolute Gasteiger partial charge is 0.333 e. The molecule has 0 aromatic rings. The van der Waals surface area contributed by atoms with E-state index < -0.39 is 18.2 Å². The number of epoxide rings is 1. The molecule has 1 N–H and O–H groups in total. The Morgan fingerprint density at radius 3 is 2.62 bits per heavy atom. The molecule has 3 fully saturated rings. The maximum Gasteiger partial charge on any atom is 0.333 e. The van der Waals surface area contributed by atoms with E-state index in [0.29, 0.717) is 31.1 Å². The summed E-state index contributed by atoms with van der Waals surface area (Å²) in [6.07, 6.45) is 3.78. The molecule has 0 aromatic heterocycles. The number of rotatable bonds is 5. The molecule has 3 aliphatic rings. The van der Waals surface area contributed by atoms with Crippen molar-refractivity contribution in [2.24, 2.45) is 11.8 Å². The zero-order chi connectivity index (χ0) is 17.3. The fourth-order valence-corrected chi connectivity index (χ4v) is 3.67. The summed E-state index contributed by atoms with van der Waals surface area (Å²) < 4.78 is 16.1. The summed E-state index contributed by atoms with van der Waals surface area (Å²) in [4.78, 5) is 23.7. The van der Waals surface area contributed by atoms with Gasteiger partial charge in [0, 0.05) is 5.57 Å². The molecule has 1 saturated heterocycles. The number of hydrogen-bond acceptors (Lipinski definition) is 6. The van der Waals surface area contributed by atoms with Crippen LogP contribution >= 0.6 is 0 Å². The maximum atomic E-state index is 12.2. The second-order valence-corrected chi connectivity index (χ2v) is 7.32. The summed E-state index contributed by atoms with van der Waals surface area (Å²) in [5.41, 5.74) is 0.326. The van der Waals surface area contributed by atoms with Gasteiger partial charge < -0.3 is 19.3 Å². The van der Waals surface area contributed by atoms with Crippen molar-refractivity contribution in [1.29, 1.82) is 0 Å². The van der Waals surface area contributed by atoms with Gasteiger partial charge in [0.1, 0.15) is 6.10 Å². The Labute approximate surface area is 142 Å². The third-order valence-electron chi connectivity index (χ3n) is 5.27. The maximum absolute atomic E-state index is 12.2. The number of carbonyl (C=O) groups excluding carboxylic acids is 2. The average Bonchev–Trinajstić information content (AvgIpc) is 3.33. The van der Waals surface area contributed by atoms with Crippen molar-refractivity contribution in [3.05, 3.63) is 12.2 Å². The highest BCUT2D eigenvalue weighted by molar-refractivity contribution is 5.87. The minimum Gasteiger partial charge on any atom is -0.465 e. The van der Waals surface area contributed by atoms with Crippen LogP contribution < -0.4 is 0 Å². The molecule has 6 atom stereocenters. The van der Waals surface area contributed by atoms with Gasteiger partial charge in [-0.25, -0.2) is 4.79 Å².